The first-order valence-corrected chi connectivity index (χ1v) is 14.3. The first kappa shape index (κ1) is 27.7. The van der Waals surface area contributed by atoms with E-state index in [-0.39, 0.29) is 35.7 Å². The number of aromatic nitrogens is 1. The summed E-state index contributed by atoms with van der Waals surface area (Å²) in [6.07, 6.45) is 1.18. The molecule has 2 aliphatic heterocycles. The van der Waals surface area contributed by atoms with Gasteiger partial charge < -0.3 is 14.8 Å². The van der Waals surface area contributed by atoms with E-state index in [1.807, 2.05) is 13.8 Å². The molecule has 6 nitrogen and oxygen atoms in total. The summed E-state index contributed by atoms with van der Waals surface area (Å²) in [6.45, 7) is 4.56. The minimum Gasteiger partial charge on any atom is -0.493 e. The molecule has 4 atom stereocenters. The van der Waals surface area contributed by atoms with Crippen molar-refractivity contribution in [2.75, 3.05) is 7.11 Å². The van der Waals surface area contributed by atoms with E-state index in [0.29, 0.717) is 33.3 Å². The van der Waals surface area contributed by atoms with Gasteiger partial charge in [0.05, 0.1) is 35.5 Å². The topological polar surface area (TPSA) is 63.7 Å². The number of hydrogen-bond acceptors (Lipinski definition) is 6. The van der Waals surface area contributed by atoms with E-state index in [1.165, 1.54) is 17.4 Å². The molecule has 2 unspecified atom stereocenters. The largest absolute Gasteiger partial charge is 0.493 e. The Kier molecular flexibility index (Phi) is 8.05. The van der Waals surface area contributed by atoms with Crippen molar-refractivity contribution in [3.05, 3.63) is 52.5 Å². The van der Waals surface area contributed by atoms with Crippen LogP contribution in [0.3, 0.4) is 0 Å². The number of alkyl halides is 3. The monoisotopic (exact) mass is 561 g/mol. The third-order valence-electron chi connectivity index (χ3n) is 7.88. The van der Waals surface area contributed by atoms with Gasteiger partial charge in [0.15, 0.2) is 11.5 Å². The fourth-order valence-electron chi connectivity index (χ4n) is 5.78. The predicted molar refractivity (Wildman–Crippen MR) is 145 cm³/mol. The van der Waals surface area contributed by atoms with Crippen molar-refractivity contribution >= 4 is 27.5 Å². The summed E-state index contributed by atoms with van der Waals surface area (Å²) in [5.74, 6) is 0.994. The van der Waals surface area contributed by atoms with Gasteiger partial charge in [-0.2, -0.15) is 13.2 Å². The smallest absolute Gasteiger partial charge is 0.418 e. The van der Waals surface area contributed by atoms with Crippen molar-refractivity contribution in [3.63, 3.8) is 0 Å². The number of fused-ring (bicyclic) bond motifs is 3. The number of carbonyl (C=O) groups is 1. The van der Waals surface area contributed by atoms with Crippen molar-refractivity contribution in [2.24, 2.45) is 0 Å². The van der Waals surface area contributed by atoms with Crippen molar-refractivity contribution < 1.29 is 27.4 Å². The second kappa shape index (κ2) is 11.3. The molecular formula is C29H34F3N3O3S. The third kappa shape index (κ3) is 6.01. The van der Waals surface area contributed by atoms with Crippen molar-refractivity contribution in [1.82, 2.24) is 15.2 Å². The van der Waals surface area contributed by atoms with E-state index in [1.54, 1.807) is 31.4 Å². The van der Waals surface area contributed by atoms with Gasteiger partial charge in [-0.1, -0.05) is 19.4 Å². The van der Waals surface area contributed by atoms with Gasteiger partial charge >= 0.3 is 6.18 Å². The Morgan fingerprint density at radius 2 is 1.92 bits per heavy atom. The molecule has 0 radical (unpaired) electrons. The summed E-state index contributed by atoms with van der Waals surface area (Å²) in [5.41, 5.74) is -0.126. The van der Waals surface area contributed by atoms with Crippen LogP contribution in [0.15, 0.2) is 36.4 Å². The number of rotatable bonds is 8. The summed E-state index contributed by atoms with van der Waals surface area (Å²) < 4.78 is 52.4. The van der Waals surface area contributed by atoms with Crippen LogP contribution < -0.4 is 14.8 Å². The summed E-state index contributed by atoms with van der Waals surface area (Å²) in [4.78, 5) is 20.0. The Morgan fingerprint density at radius 1 is 1.18 bits per heavy atom. The van der Waals surface area contributed by atoms with E-state index in [9.17, 15) is 18.0 Å². The van der Waals surface area contributed by atoms with Gasteiger partial charge in [-0.3, -0.25) is 9.69 Å². The number of thiazole rings is 1. The molecule has 10 heteroatoms. The molecule has 1 amide bonds. The van der Waals surface area contributed by atoms with Gasteiger partial charge in [-0.25, -0.2) is 4.98 Å². The number of carbonyl (C=O) groups excluding carboxylic acids is 1. The Hall–Kier alpha value is -2.85. The molecule has 2 bridgehead atoms. The highest BCUT2D eigenvalue weighted by atomic mass is 32.1. The molecule has 1 aromatic heterocycles. The standard InChI is InChI=1S/C29H34F3N3O3S/c1-4-17(2)38-23-12-11-18(13-24(23)37-3)28(36)33-19-14-20-7-5-8-21(15-19)35(20)16-26-34-27-22(29(30,31)32)9-6-10-25(27)39-26/h6,9-13,17,19-21H,4-5,7-8,14-16H2,1-3H3,(H,33,36)/t17?,19?,20-,21+. The Balaban J connectivity index is 1.26. The lowest BCUT2D eigenvalue weighted by Crippen LogP contribution is -2.56. The average Bonchev–Trinajstić information content (AvgIpc) is 3.31. The lowest BCUT2D eigenvalue weighted by molar-refractivity contribution is -0.136. The highest BCUT2D eigenvalue weighted by molar-refractivity contribution is 7.18. The zero-order valence-electron chi connectivity index (χ0n) is 22.4. The zero-order valence-corrected chi connectivity index (χ0v) is 23.2. The molecule has 5 rings (SSSR count). The zero-order chi connectivity index (χ0) is 27.7. The lowest BCUT2D eigenvalue weighted by Gasteiger charge is -2.48. The summed E-state index contributed by atoms with van der Waals surface area (Å²) in [5, 5.41) is 3.92. The van der Waals surface area contributed by atoms with Crippen molar-refractivity contribution in [2.45, 2.75) is 89.3 Å². The molecule has 2 aliphatic rings. The predicted octanol–water partition coefficient (Wildman–Crippen LogP) is 6.82. The lowest BCUT2D eigenvalue weighted by atomic mass is 9.81. The number of para-hydroxylation sites is 1. The van der Waals surface area contributed by atoms with Crippen LogP contribution in [0, 0.1) is 0 Å². The second-order valence-electron chi connectivity index (χ2n) is 10.5. The van der Waals surface area contributed by atoms with Crippen LogP contribution in [0.1, 0.15) is 73.3 Å². The SMILES string of the molecule is CCC(C)Oc1ccc(C(=O)NC2C[C@H]3CCC[C@@H](C2)N3Cc2nc3c(C(F)(F)F)cccc3s2)cc1OC. The first-order valence-electron chi connectivity index (χ1n) is 13.5. The van der Waals surface area contributed by atoms with Crippen molar-refractivity contribution in [1.29, 1.82) is 0 Å². The average molecular weight is 562 g/mol. The molecular weight excluding hydrogens is 527 g/mol. The van der Waals surface area contributed by atoms with E-state index in [0.717, 1.165) is 44.6 Å². The number of nitrogens with zero attached hydrogens (tertiary/aromatic N) is 2. The normalized spacial score (nSPS) is 22.5. The van der Waals surface area contributed by atoms with E-state index >= 15 is 0 Å². The third-order valence-corrected chi connectivity index (χ3v) is 8.88. The quantitative estimate of drug-likeness (QED) is 0.327. The highest BCUT2D eigenvalue weighted by Crippen LogP contribution is 2.39. The summed E-state index contributed by atoms with van der Waals surface area (Å²) in [7, 11) is 1.56. The molecule has 210 valence electrons. The van der Waals surface area contributed by atoms with Gasteiger partial charge in [-0.05, 0) is 69.4 Å². The molecule has 2 fully saturated rings. The van der Waals surface area contributed by atoms with Crippen LogP contribution in [0.5, 0.6) is 11.5 Å². The van der Waals surface area contributed by atoms with Gasteiger partial charge in [0.2, 0.25) is 0 Å². The maximum Gasteiger partial charge on any atom is 0.418 e. The number of piperidine rings is 2. The Morgan fingerprint density at radius 3 is 2.59 bits per heavy atom. The molecule has 0 saturated carbocycles. The fourth-order valence-corrected chi connectivity index (χ4v) is 6.78. The van der Waals surface area contributed by atoms with Gasteiger partial charge in [0, 0.05) is 23.7 Å². The maximum absolute atomic E-state index is 13.5. The molecule has 3 heterocycles. The van der Waals surface area contributed by atoms with Crippen LogP contribution in [-0.4, -0.2) is 47.1 Å². The number of amides is 1. The molecule has 1 N–H and O–H groups in total. The van der Waals surface area contributed by atoms with Crippen molar-refractivity contribution in [3.8, 4) is 11.5 Å². The molecule has 39 heavy (non-hydrogen) atoms. The van der Waals surface area contributed by atoms with Crippen LogP contribution >= 0.6 is 11.3 Å². The van der Waals surface area contributed by atoms with E-state index in [4.69, 9.17) is 9.47 Å². The Bertz CT molecular complexity index is 1310. The first-order chi connectivity index (χ1) is 18.7. The number of methoxy groups -OCH3 is 1. The van der Waals surface area contributed by atoms with Gasteiger partial charge in [-0.15, -0.1) is 11.3 Å². The Labute approximate surface area is 230 Å². The van der Waals surface area contributed by atoms with Crippen LogP contribution in [-0.2, 0) is 12.7 Å². The minimum atomic E-state index is -4.43. The van der Waals surface area contributed by atoms with Crippen LogP contribution in [0.4, 0.5) is 13.2 Å². The second-order valence-corrected chi connectivity index (χ2v) is 11.6. The fraction of sp³-hybridized carbons (Fsp3) is 0.517. The van der Waals surface area contributed by atoms with Crippen LogP contribution in [0.25, 0.3) is 10.2 Å². The molecule has 2 saturated heterocycles. The van der Waals surface area contributed by atoms with E-state index in [2.05, 4.69) is 15.2 Å². The van der Waals surface area contributed by atoms with E-state index < -0.39 is 11.7 Å². The van der Waals surface area contributed by atoms with Gasteiger partial charge in [0.25, 0.3) is 5.91 Å². The highest BCUT2D eigenvalue weighted by Gasteiger charge is 2.39. The number of halogens is 3. The van der Waals surface area contributed by atoms with Gasteiger partial charge in [0.1, 0.15) is 5.01 Å². The molecule has 0 aliphatic carbocycles. The molecule has 2 aromatic carbocycles. The summed E-state index contributed by atoms with van der Waals surface area (Å²) >= 11 is 1.33. The molecule has 3 aromatic rings. The molecule has 0 spiro atoms. The number of ether oxygens (including phenoxy) is 2. The maximum atomic E-state index is 13.5. The number of hydrogen-bond donors (Lipinski definition) is 1. The minimum absolute atomic E-state index is 0.0262. The number of benzene rings is 2. The van der Waals surface area contributed by atoms with Crippen LogP contribution in [0.2, 0.25) is 0 Å². The number of nitrogens with one attached hydrogen (secondary N) is 1. The summed E-state index contributed by atoms with van der Waals surface area (Å²) in [6, 6.07) is 10.0.